The van der Waals surface area contributed by atoms with E-state index >= 15 is 0 Å². The first-order valence-corrected chi connectivity index (χ1v) is 5.81. The van der Waals surface area contributed by atoms with E-state index in [1.165, 1.54) is 0 Å². The van der Waals surface area contributed by atoms with E-state index in [2.05, 4.69) is 24.1 Å². The summed E-state index contributed by atoms with van der Waals surface area (Å²) in [4.78, 5) is 16.1. The molecule has 0 unspecified atom stereocenters. The number of hydrogen-bond donors (Lipinski definition) is 1. The van der Waals surface area contributed by atoms with Gasteiger partial charge in [0.25, 0.3) is 0 Å². The van der Waals surface area contributed by atoms with E-state index in [4.69, 9.17) is 0 Å². The second-order valence-electron chi connectivity index (χ2n) is 4.36. The maximum atomic E-state index is 11.7. The van der Waals surface area contributed by atoms with Crippen molar-refractivity contribution in [3.05, 3.63) is 0 Å². The summed E-state index contributed by atoms with van der Waals surface area (Å²) in [5, 5.41) is 3.01. The summed E-state index contributed by atoms with van der Waals surface area (Å²) < 4.78 is 0. The lowest BCUT2D eigenvalue weighted by Gasteiger charge is -2.37. The van der Waals surface area contributed by atoms with Crippen LogP contribution in [0, 0.1) is 0 Å². The molecule has 17 heavy (non-hydrogen) atoms. The van der Waals surface area contributed by atoms with Crippen LogP contribution in [0.4, 0.5) is 0 Å². The summed E-state index contributed by atoms with van der Waals surface area (Å²) in [5.41, 5.74) is 0. The molecule has 0 aromatic carbocycles. The third-order valence-electron chi connectivity index (χ3n) is 2.99. The quantitative estimate of drug-likeness (QED) is 0.837. The van der Waals surface area contributed by atoms with E-state index in [1.807, 2.05) is 11.9 Å². The minimum atomic E-state index is 0. The predicted octanol–water partition coefficient (Wildman–Crippen LogP) is 0.992. The van der Waals surface area contributed by atoms with E-state index in [9.17, 15) is 4.79 Å². The zero-order valence-corrected chi connectivity index (χ0v) is 12.6. The molecule has 1 amide bonds. The number of carbonyl (C=O) groups is 1. The zero-order valence-electron chi connectivity index (χ0n) is 10.9. The molecule has 0 aromatic heterocycles. The monoisotopic (exact) mass is 285 g/mol. The first-order valence-electron chi connectivity index (χ1n) is 5.81. The summed E-state index contributed by atoms with van der Waals surface area (Å²) in [7, 11) is 1.88. The summed E-state index contributed by atoms with van der Waals surface area (Å²) in [6.45, 7) is 9.01. The molecule has 0 spiro atoms. The summed E-state index contributed by atoms with van der Waals surface area (Å²) >= 11 is 0. The molecule has 1 heterocycles. The average molecular weight is 286 g/mol. The molecule has 4 nitrogen and oxygen atoms in total. The second-order valence-corrected chi connectivity index (χ2v) is 4.36. The SMILES string of the molecule is CNCCC(=O)N1CCN(C(C)C)CC1.Cl.Cl. The Morgan fingerprint density at radius 2 is 1.71 bits per heavy atom. The molecular weight excluding hydrogens is 261 g/mol. The summed E-state index contributed by atoms with van der Waals surface area (Å²) in [6.07, 6.45) is 0.623. The van der Waals surface area contributed by atoms with Crippen molar-refractivity contribution in [3.63, 3.8) is 0 Å². The normalized spacial score (nSPS) is 16.4. The molecule has 1 fully saturated rings. The fourth-order valence-corrected chi connectivity index (χ4v) is 1.88. The maximum absolute atomic E-state index is 11.7. The van der Waals surface area contributed by atoms with Crippen molar-refractivity contribution < 1.29 is 4.79 Å². The van der Waals surface area contributed by atoms with Gasteiger partial charge in [-0.15, -0.1) is 24.8 Å². The van der Waals surface area contributed by atoms with Gasteiger partial charge in [-0.2, -0.15) is 0 Å². The molecule has 0 aromatic rings. The Balaban J connectivity index is 0. The maximum Gasteiger partial charge on any atom is 0.223 e. The van der Waals surface area contributed by atoms with E-state index in [1.54, 1.807) is 0 Å². The molecule has 1 rings (SSSR count). The van der Waals surface area contributed by atoms with Crippen LogP contribution < -0.4 is 5.32 Å². The largest absolute Gasteiger partial charge is 0.340 e. The van der Waals surface area contributed by atoms with Gasteiger partial charge < -0.3 is 10.2 Å². The van der Waals surface area contributed by atoms with Crippen molar-refractivity contribution in [1.29, 1.82) is 0 Å². The topological polar surface area (TPSA) is 35.6 Å². The summed E-state index contributed by atoms with van der Waals surface area (Å²) in [6, 6.07) is 0.597. The molecule has 0 atom stereocenters. The minimum Gasteiger partial charge on any atom is -0.340 e. The van der Waals surface area contributed by atoms with Gasteiger partial charge in [-0.3, -0.25) is 9.69 Å². The lowest BCUT2D eigenvalue weighted by atomic mass is 10.2. The van der Waals surface area contributed by atoms with Crippen LogP contribution in [0.25, 0.3) is 0 Å². The third kappa shape index (κ3) is 6.46. The van der Waals surface area contributed by atoms with Crippen LogP contribution in [0.15, 0.2) is 0 Å². The number of nitrogens with one attached hydrogen (secondary N) is 1. The lowest BCUT2D eigenvalue weighted by Crippen LogP contribution is -2.51. The highest BCUT2D eigenvalue weighted by Gasteiger charge is 2.21. The molecule has 0 aliphatic carbocycles. The molecule has 0 bridgehead atoms. The van der Waals surface area contributed by atoms with E-state index < -0.39 is 0 Å². The predicted molar refractivity (Wildman–Crippen MR) is 76.3 cm³/mol. The van der Waals surface area contributed by atoms with Gasteiger partial charge in [0.15, 0.2) is 0 Å². The van der Waals surface area contributed by atoms with Crippen LogP contribution in [0.2, 0.25) is 0 Å². The molecular formula is C11H25Cl2N3O. The van der Waals surface area contributed by atoms with Crippen molar-refractivity contribution in [3.8, 4) is 0 Å². The number of piperazine rings is 1. The smallest absolute Gasteiger partial charge is 0.223 e. The highest BCUT2D eigenvalue weighted by molar-refractivity contribution is 5.85. The molecule has 0 saturated carbocycles. The molecule has 6 heteroatoms. The molecule has 104 valence electrons. The summed E-state index contributed by atoms with van der Waals surface area (Å²) in [5.74, 6) is 0.285. The van der Waals surface area contributed by atoms with Gasteiger partial charge >= 0.3 is 0 Å². The van der Waals surface area contributed by atoms with Crippen molar-refractivity contribution in [1.82, 2.24) is 15.1 Å². The standard InChI is InChI=1S/C11H23N3O.2ClH/c1-10(2)13-6-8-14(9-7-13)11(15)4-5-12-3;;/h10,12H,4-9H2,1-3H3;2*1H. The van der Waals surface area contributed by atoms with Gasteiger partial charge in [-0.05, 0) is 20.9 Å². The number of carbonyl (C=O) groups excluding carboxylic acids is 1. The first kappa shape index (κ1) is 19.3. The van der Waals surface area contributed by atoms with Crippen LogP contribution in [-0.2, 0) is 4.79 Å². The molecule has 1 saturated heterocycles. The Morgan fingerprint density at radius 3 is 2.12 bits per heavy atom. The van der Waals surface area contributed by atoms with Gasteiger partial charge in [0, 0.05) is 45.2 Å². The fraction of sp³-hybridized carbons (Fsp3) is 0.909. The van der Waals surface area contributed by atoms with Gasteiger partial charge in [0.1, 0.15) is 0 Å². The van der Waals surface area contributed by atoms with Gasteiger partial charge in [-0.25, -0.2) is 0 Å². The highest BCUT2D eigenvalue weighted by atomic mass is 35.5. The van der Waals surface area contributed by atoms with E-state index in [0.717, 1.165) is 32.7 Å². The number of hydrogen-bond acceptors (Lipinski definition) is 3. The van der Waals surface area contributed by atoms with Crippen LogP contribution in [0.5, 0.6) is 0 Å². The van der Waals surface area contributed by atoms with Gasteiger partial charge in [0.2, 0.25) is 5.91 Å². The molecule has 1 N–H and O–H groups in total. The van der Waals surface area contributed by atoms with E-state index in [-0.39, 0.29) is 30.7 Å². The van der Waals surface area contributed by atoms with Gasteiger partial charge in [0.05, 0.1) is 0 Å². The highest BCUT2D eigenvalue weighted by Crippen LogP contribution is 2.06. The van der Waals surface area contributed by atoms with Crippen LogP contribution in [0.1, 0.15) is 20.3 Å². The van der Waals surface area contributed by atoms with Crippen molar-refractivity contribution in [2.75, 3.05) is 39.8 Å². The lowest BCUT2D eigenvalue weighted by molar-refractivity contribution is -0.133. The Morgan fingerprint density at radius 1 is 1.18 bits per heavy atom. The minimum absolute atomic E-state index is 0. The fourth-order valence-electron chi connectivity index (χ4n) is 1.88. The Hall–Kier alpha value is -0.0300. The third-order valence-corrected chi connectivity index (χ3v) is 2.99. The van der Waals surface area contributed by atoms with Gasteiger partial charge in [-0.1, -0.05) is 0 Å². The zero-order chi connectivity index (χ0) is 11.3. The van der Waals surface area contributed by atoms with Crippen molar-refractivity contribution in [2.24, 2.45) is 0 Å². The van der Waals surface area contributed by atoms with Crippen LogP contribution >= 0.6 is 24.8 Å². The van der Waals surface area contributed by atoms with Crippen molar-refractivity contribution >= 4 is 30.7 Å². The molecule has 0 radical (unpaired) electrons. The molecule has 1 aliphatic rings. The van der Waals surface area contributed by atoms with E-state index in [0.29, 0.717) is 12.5 Å². The molecule has 1 aliphatic heterocycles. The Bertz CT molecular complexity index is 207. The first-order chi connectivity index (χ1) is 7.15. The average Bonchev–Trinajstić information content (AvgIpc) is 2.26. The second kappa shape index (κ2) is 9.95. The Labute approximate surface area is 117 Å². The van der Waals surface area contributed by atoms with Crippen LogP contribution in [0.3, 0.4) is 0 Å². The van der Waals surface area contributed by atoms with Crippen LogP contribution in [-0.4, -0.2) is 61.5 Å². The number of amides is 1. The number of halogens is 2. The number of nitrogens with zero attached hydrogens (tertiary/aromatic N) is 2. The number of rotatable bonds is 4. The van der Waals surface area contributed by atoms with Crippen molar-refractivity contribution in [2.45, 2.75) is 26.3 Å². The Kier molecular flexibility index (Phi) is 11.3.